The third-order valence-corrected chi connectivity index (χ3v) is 8.40. The summed E-state index contributed by atoms with van der Waals surface area (Å²) in [5, 5.41) is 13.1. The fraction of sp³-hybridized carbons (Fsp3) is 0.111. The summed E-state index contributed by atoms with van der Waals surface area (Å²) in [5.74, 6) is -1.89. The minimum atomic E-state index is -2.79. The standard InChI is InChI=1S/C27H18F2N6OS2/c28-27(29)13-35(14-27)26(36)22-9-16-1-2-17(10-21(16)38-22)24-33-20-7-8-37-23(20)25(34-24)32-19-5-3-15(4-6-19)18-11-30-31-12-18/h1-12H,13-14H2,(H,30,31)(H,32,33,34). The summed E-state index contributed by atoms with van der Waals surface area (Å²) in [7, 11) is 0. The average molecular weight is 545 g/mol. The van der Waals surface area contributed by atoms with Crippen molar-refractivity contribution >= 4 is 60.4 Å². The van der Waals surface area contributed by atoms with Gasteiger partial charge in [-0.2, -0.15) is 5.10 Å². The number of rotatable bonds is 5. The van der Waals surface area contributed by atoms with E-state index in [9.17, 15) is 13.6 Å². The second-order valence-electron chi connectivity index (χ2n) is 9.10. The Balaban J connectivity index is 1.19. The van der Waals surface area contributed by atoms with Crippen molar-refractivity contribution in [3.8, 4) is 22.5 Å². The Morgan fingerprint density at radius 2 is 1.82 bits per heavy atom. The molecule has 0 bridgehead atoms. The van der Waals surface area contributed by atoms with Crippen molar-refractivity contribution < 1.29 is 13.6 Å². The van der Waals surface area contributed by atoms with Gasteiger partial charge in [0.2, 0.25) is 0 Å². The zero-order chi connectivity index (χ0) is 25.9. The maximum atomic E-state index is 13.2. The molecule has 0 radical (unpaired) electrons. The molecule has 0 unspecified atom stereocenters. The second-order valence-corrected chi connectivity index (χ2v) is 11.1. The van der Waals surface area contributed by atoms with Gasteiger partial charge < -0.3 is 10.2 Å². The Bertz CT molecular complexity index is 1800. The number of aromatic nitrogens is 4. The zero-order valence-electron chi connectivity index (χ0n) is 19.6. The van der Waals surface area contributed by atoms with Gasteiger partial charge in [-0.05, 0) is 46.7 Å². The first-order valence-corrected chi connectivity index (χ1v) is 13.4. The molecule has 7 nitrogen and oxygen atoms in total. The number of likely N-dealkylation sites (tertiary alicyclic amines) is 1. The van der Waals surface area contributed by atoms with Crippen LogP contribution in [0.3, 0.4) is 0 Å². The highest BCUT2D eigenvalue weighted by Gasteiger charge is 2.46. The molecule has 1 aliphatic rings. The molecule has 0 aliphatic carbocycles. The van der Waals surface area contributed by atoms with Crippen molar-refractivity contribution in [2.75, 3.05) is 18.4 Å². The number of alkyl halides is 2. The van der Waals surface area contributed by atoms with Gasteiger partial charge in [-0.15, -0.1) is 22.7 Å². The molecule has 1 aliphatic heterocycles. The molecule has 2 N–H and O–H groups in total. The zero-order valence-corrected chi connectivity index (χ0v) is 21.2. The molecule has 11 heteroatoms. The number of anilines is 2. The number of halogens is 2. The lowest BCUT2D eigenvalue weighted by atomic mass is 10.1. The van der Waals surface area contributed by atoms with Crippen LogP contribution in [0.5, 0.6) is 0 Å². The van der Waals surface area contributed by atoms with Gasteiger partial charge in [-0.25, -0.2) is 18.7 Å². The Morgan fingerprint density at radius 1 is 1.00 bits per heavy atom. The third kappa shape index (κ3) is 4.09. The summed E-state index contributed by atoms with van der Waals surface area (Å²) >= 11 is 2.86. The highest BCUT2D eigenvalue weighted by atomic mass is 32.1. The van der Waals surface area contributed by atoms with Crippen LogP contribution >= 0.6 is 22.7 Å². The van der Waals surface area contributed by atoms with Crippen LogP contribution in [0, 0.1) is 0 Å². The Kier molecular flexibility index (Phi) is 5.24. The van der Waals surface area contributed by atoms with Gasteiger partial charge in [-0.3, -0.25) is 9.89 Å². The first-order chi connectivity index (χ1) is 18.4. The average Bonchev–Trinajstić information content (AvgIpc) is 3.67. The highest BCUT2D eigenvalue weighted by Crippen LogP contribution is 2.35. The molecule has 188 valence electrons. The van der Waals surface area contributed by atoms with Gasteiger partial charge >= 0.3 is 0 Å². The number of nitrogens with one attached hydrogen (secondary N) is 2. The van der Waals surface area contributed by atoms with Crippen LogP contribution in [0.4, 0.5) is 20.3 Å². The number of carbonyl (C=O) groups excluding carboxylic acids is 1. The molecule has 1 fully saturated rings. The number of fused-ring (bicyclic) bond motifs is 2. The predicted octanol–water partition coefficient (Wildman–Crippen LogP) is 6.80. The molecule has 1 saturated heterocycles. The molecule has 0 atom stereocenters. The molecule has 1 amide bonds. The highest BCUT2D eigenvalue weighted by molar-refractivity contribution is 7.20. The maximum absolute atomic E-state index is 13.2. The molecule has 0 saturated carbocycles. The predicted molar refractivity (Wildman–Crippen MR) is 146 cm³/mol. The topological polar surface area (TPSA) is 86.8 Å². The first kappa shape index (κ1) is 22.9. The largest absolute Gasteiger partial charge is 0.339 e. The van der Waals surface area contributed by atoms with E-state index in [2.05, 4.69) is 15.5 Å². The number of H-pyrrole nitrogens is 1. The van der Waals surface area contributed by atoms with Crippen LogP contribution in [-0.2, 0) is 0 Å². The molecule has 7 rings (SSSR count). The number of benzene rings is 2. The summed E-state index contributed by atoms with van der Waals surface area (Å²) in [6.07, 6.45) is 3.63. The van der Waals surface area contributed by atoms with Crippen LogP contribution in [0.25, 0.3) is 42.8 Å². The van der Waals surface area contributed by atoms with Crippen molar-refractivity contribution in [2.45, 2.75) is 5.92 Å². The first-order valence-electron chi connectivity index (χ1n) is 11.7. The van der Waals surface area contributed by atoms with Crippen molar-refractivity contribution in [3.63, 3.8) is 0 Å². The van der Waals surface area contributed by atoms with E-state index in [1.165, 1.54) is 16.2 Å². The number of hydrogen-bond acceptors (Lipinski definition) is 7. The molecule has 6 aromatic rings. The summed E-state index contributed by atoms with van der Waals surface area (Å²) in [4.78, 5) is 23.9. The maximum Gasteiger partial charge on any atom is 0.282 e. The number of aromatic amines is 1. The number of amides is 1. The van der Waals surface area contributed by atoms with E-state index in [1.807, 2.05) is 60.1 Å². The van der Waals surface area contributed by atoms with Crippen LogP contribution in [0.1, 0.15) is 9.67 Å². The van der Waals surface area contributed by atoms with Crippen molar-refractivity contribution in [1.29, 1.82) is 0 Å². The number of nitrogens with zero attached hydrogens (tertiary/aromatic N) is 4. The van der Waals surface area contributed by atoms with Gasteiger partial charge in [-0.1, -0.05) is 24.3 Å². The van der Waals surface area contributed by atoms with Gasteiger partial charge in [0.25, 0.3) is 11.8 Å². The van der Waals surface area contributed by atoms with E-state index in [4.69, 9.17) is 9.97 Å². The minimum absolute atomic E-state index is 0.361. The molecular weight excluding hydrogens is 526 g/mol. The Hall–Kier alpha value is -4.22. The van der Waals surface area contributed by atoms with Gasteiger partial charge in [0.15, 0.2) is 11.6 Å². The monoisotopic (exact) mass is 544 g/mol. The van der Waals surface area contributed by atoms with Gasteiger partial charge in [0.05, 0.1) is 34.4 Å². The fourth-order valence-electron chi connectivity index (χ4n) is 4.46. The summed E-state index contributed by atoms with van der Waals surface area (Å²) in [6.45, 7) is -1.05. The van der Waals surface area contributed by atoms with Crippen LogP contribution in [0.2, 0.25) is 0 Å². The van der Waals surface area contributed by atoms with Crippen molar-refractivity contribution in [1.82, 2.24) is 25.1 Å². The lowest BCUT2D eigenvalue weighted by molar-refractivity contribution is -0.112. The van der Waals surface area contributed by atoms with E-state index < -0.39 is 19.0 Å². The van der Waals surface area contributed by atoms with Crippen LogP contribution in [-0.4, -0.2) is 50.0 Å². The molecule has 4 aromatic heterocycles. The van der Waals surface area contributed by atoms with Crippen LogP contribution < -0.4 is 5.32 Å². The summed E-state index contributed by atoms with van der Waals surface area (Å²) < 4.78 is 28.3. The smallest absolute Gasteiger partial charge is 0.282 e. The second kappa shape index (κ2) is 8.67. The van der Waals surface area contributed by atoms with Gasteiger partial charge in [0.1, 0.15) is 0 Å². The lowest BCUT2D eigenvalue weighted by Crippen LogP contribution is -2.58. The summed E-state index contributed by atoms with van der Waals surface area (Å²) in [5.41, 5.74) is 4.60. The molecule has 2 aromatic carbocycles. The quantitative estimate of drug-likeness (QED) is 0.249. The van der Waals surface area contributed by atoms with E-state index in [0.29, 0.717) is 16.5 Å². The molecule has 5 heterocycles. The van der Waals surface area contributed by atoms with Crippen molar-refractivity contribution in [2.24, 2.45) is 0 Å². The van der Waals surface area contributed by atoms with Crippen LogP contribution in [0.15, 0.2) is 72.4 Å². The van der Waals surface area contributed by atoms with E-state index in [0.717, 1.165) is 42.7 Å². The SMILES string of the molecule is O=C(c1cc2ccc(-c3nc(Nc4ccc(-c5cn[nH]c5)cc4)c4sccc4n3)cc2s1)N1CC(F)(F)C1. The third-order valence-electron chi connectivity index (χ3n) is 6.40. The van der Waals surface area contributed by atoms with E-state index in [1.54, 1.807) is 23.6 Å². The van der Waals surface area contributed by atoms with E-state index in [-0.39, 0.29) is 5.91 Å². The fourth-order valence-corrected chi connectivity index (χ4v) is 6.30. The van der Waals surface area contributed by atoms with Gasteiger partial charge in [0, 0.05) is 27.7 Å². The van der Waals surface area contributed by atoms with E-state index >= 15 is 0 Å². The lowest BCUT2D eigenvalue weighted by Gasteiger charge is -2.38. The summed E-state index contributed by atoms with van der Waals surface area (Å²) in [6, 6.07) is 17.5. The minimum Gasteiger partial charge on any atom is -0.339 e. The normalized spacial score (nSPS) is 14.6. The Labute approximate surface area is 222 Å². The number of hydrogen-bond donors (Lipinski definition) is 2. The number of carbonyl (C=O) groups is 1. The molecular formula is C27H18F2N6OS2. The molecule has 38 heavy (non-hydrogen) atoms. The number of thiophene rings is 2. The molecule has 0 spiro atoms. The van der Waals surface area contributed by atoms with Crippen molar-refractivity contribution in [3.05, 3.63) is 77.2 Å². The Morgan fingerprint density at radius 3 is 2.58 bits per heavy atom.